The van der Waals surface area contributed by atoms with Crippen LogP contribution < -0.4 is 11.1 Å². The second-order valence-electron chi connectivity index (χ2n) is 7.78. The Morgan fingerprint density at radius 2 is 1.97 bits per heavy atom. The van der Waals surface area contributed by atoms with Crippen molar-refractivity contribution >= 4 is 40.7 Å². The number of aromatic nitrogens is 6. The van der Waals surface area contributed by atoms with E-state index in [9.17, 15) is 0 Å². The van der Waals surface area contributed by atoms with Gasteiger partial charge in [-0.2, -0.15) is 21.4 Å². The predicted molar refractivity (Wildman–Crippen MR) is 126 cm³/mol. The highest BCUT2D eigenvalue weighted by atomic mass is 35.5. The molecule has 5 rings (SSSR count). The number of H-pyrrole nitrogens is 1. The summed E-state index contributed by atoms with van der Waals surface area (Å²) in [6.45, 7) is 0. The summed E-state index contributed by atoms with van der Waals surface area (Å²) < 4.78 is 0. The Bertz CT molecular complexity index is 1120. The molecule has 1 aliphatic rings. The number of nitrogens with one attached hydrogen (secondary N) is 2. The summed E-state index contributed by atoms with van der Waals surface area (Å²) >= 11 is 1.71. The van der Waals surface area contributed by atoms with Crippen molar-refractivity contribution in [3.63, 3.8) is 0 Å². The molecule has 0 radical (unpaired) electrons. The van der Waals surface area contributed by atoms with E-state index in [0.29, 0.717) is 23.7 Å². The van der Waals surface area contributed by atoms with Gasteiger partial charge >= 0.3 is 0 Å². The first kappa shape index (κ1) is 21.6. The molecule has 0 aliphatic heterocycles. The first-order valence-corrected chi connectivity index (χ1v) is 11.3. The third kappa shape index (κ3) is 5.00. The van der Waals surface area contributed by atoms with Gasteiger partial charge in [-0.15, -0.1) is 12.4 Å². The van der Waals surface area contributed by atoms with Crippen LogP contribution in [-0.2, 0) is 12.8 Å². The maximum atomic E-state index is 5.99. The Labute approximate surface area is 190 Å². The van der Waals surface area contributed by atoms with Crippen LogP contribution in [0.25, 0.3) is 22.4 Å². The van der Waals surface area contributed by atoms with Crippen molar-refractivity contribution in [2.24, 2.45) is 5.73 Å². The van der Waals surface area contributed by atoms with Crippen molar-refractivity contribution in [2.75, 3.05) is 5.32 Å². The molecule has 31 heavy (non-hydrogen) atoms. The maximum Gasteiger partial charge on any atom is 0.224 e. The number of halogens is 1. The van der Waals surface area contributed by atoms with Crippen molar-refractivity contribution < 1.29 is 0 Å². The van der Waals surface area contributed by atoms with Crippen LogP contribution in [0, 0.1) is 0 Å². The van der Waals surface area contributed by atoms with Gasteiger partial charge in [0.2, 0.25) is 5.95 Å². The number of fused-ring (bicyclic) bond motifs is 1. The van der Waals surface area contributed by atoms with Crippen LogP contribution in [0.3, 0.4) is 0 Å². The van der Waals surface area contributed by atoms with Gasteiger partial charge in [0.05, 0.1) is 16.8 Å². The van der Waals surface area contributed by atoms with Gasteiger partial charge in [-0.25, -0.2) is 15.0 Å². The molecular weight excluding hydrogens is 432 g/mol. The number of hydrogen-bond donors (Lipinski definition) is 3. The van der Waals surface area contributed by atoms with Gasteiger partial charge in [0, 0.05) is 30.9 Å². The van der Waals surface area contributed by atoms with Crippen molar-refractivity contribution in [2.45, 2.75) is 50.6 Å². The molecule has 10 heteroatoms. The number of aromatic amines is 1. The lowest BCUT2D eigenvalue weighted by Gasteiger charge is -2.26. The van der Waals surface area contributed by atoms with Crippen LogP contribution in [0.1, 0.15) is 37.1 Å². The number of anilines is 1. The van der Waals surface area contributed by atoms with Crippen molar-refractivity contribution in [3.05, 3.63) is 46.7 Å². The topological polar surface area (TPSA) is 118 Å². The van der Waals surface area contributed by atoms with Crippen LogP contribution >= 0.6 is 23.7 Å². The van der Waals surface area contributed by atoms with E-state index in [1.165, 1.54) is 5.56 Å². The summed E-state index contributed by atoms with van der Waals surface area (Å²) in [5.74, 6) is 1.43. The van der Waals surface area contributed by atoms with Crippen molar-refractivity contribution in [1.82, 2.24) is 30.1 Å². The van der Waals surface area contributed by atoms with Crippen LogP contribution in [0.5, 0.6) is 0 Å². The molecule has 4 aromatic rings. The zero-order valence-corrected chi connectivity index (χ0v) is 18.6. The lowest BCUT2D eigenvalue weighted by molar-refractivity contribution is 0.410. The molecule has 0 atom stereocenters. The first-order valence-electron chi connectivity index (χ1n) is 10.3. The molecule has 0 saturated heterocycles. The number of hydrogen-bond acceptors (Lipinski definition) is 8. The standard InChI is InChI=1S/C21H24N8S.ClH/c22-14-2-4-15(5-3-14)25-21-24-11-16-19(28-29-20(16)27-21)17-7-9-23-18(26-17)6-1-13-8-10-30-12-13;/h7-12,14-15H,1-6,22H2,(H2,24,25,27,28,29);1H. The van der Waals surface area contributed by atoms with E-state index in [0.717, 1.165) is 61.1 Å². The summed E-state index contributed by atoms with van der Waals surface area (Å²) in [5.41, 5.74) is 9.56. The Balaban J connectivity index is 0.00000231. The monoisotopic (exact) mass is 456 g/mol. The minimum atomic E-state index is 0. The number of aryl methyl sites for hydroxylation is 2. The highest BCUT2D eigenvalue weighted by molar-refractivity contribution is 7.07. The predicted octanol–water partition coefficient (Wildman–Crippen LogP) is 3.76. The van der Waals surface area contributed by atoms with Gasteiger partial charge in [0.25, 0.3) is 0 Å². The van der Waals surface area contributed by atoms with Crippen LogP contribution in [0.2, 0.25) is 0 Å². The maximum absolute atomic E-state index is 5.99. The van der Waals surface area contributed by atoms with E-state index in [4.69, 9.17) is 10.7 Å². The average molecular weight is 457 g/mol. The molecule has 1 aliphatic carbocycles. The Morgan fingerprint density at radius 3 is 2.77 bits per heavy atom. The number of nitrogens with zero attached hydrogens (tertiary/aromatic N) is 5. The molecule has 4 aromatic heterocycles. The minimum Gasteiger partial charge on any atom is -0.351 e. The average Bonchev–Trinajstić information content (AvgIpc) is 3.44. The molecule has 0 unspecified atom stereocenters. The molecule has 1 saturated carbocycles. The molecule has 0 bridgehead atoms. The molecule has 162 valence electrons. The molecule has 8 nitrogen and oxygen atoms in total. The van der Waals surface area contributed by atoms with E-state index < -0.39 is 0 Å². The molecule has 4 N–H and O–H groups in total. The van der Waals surface area contributed by atoms with Crippen molar-refractivity contribution in [3.8, 4) is 11.4 Å². The highest BCUT2D eigenvalue weighted by Crippen LogP contribution is 2.25. The van der Waals surface area contributed by atoms with Gasteiger partial charge in [-0.3, -0.25) is 5.10 Å². The number of rotatable bonds is 6. The fraction of sp³-hybridized carbons (Fsp3) is 0.381. The third-order valence-corrected chi connectivity index (χ3v) is 6.33. The van der Waals surface area contributed by atoms with E-state index in [1.54, 1.807) is 17.5 Å². The van der Waals surface area contributed by atoms with Gasteiger partial charge < -0.3 is 11.1 Å². The summed E-state index contributed by atoms with van der Waals surface area (Å²) in [6, 6.07) is 4.72. The fourth-order valence-corrected chi connectivity index (χ4v) is 4.57. The Hall–Kier alpha value is -2.62. The molecule has 0 amide bonds. The first-order chi connectivity index (χ1) is 14.7. The van der Waals surface area contributed by atoms with Crippen LogP contribution in [0.4, 0.5) is 5.95 Å². The van der Waals surface area contributed by atoms with Crippen LogP contribution in [0.15, 0.2) is 35.3 Å². The summed E-state index contributed by atoms with van der Waals surface area (Å²) in [4.78, 5) is 18.3. The zero-order chi connectivity index (χ0) is 20.3. The van der Waals surface area contributed by atoms with Gasteiger partial charge in [0.15, 0.2) is 5.65 Å². The lowest BCUT2D eigenvalue weighted by Crippen LogP contribution is -2.33. The van der Waals surface area contributed by atoms with E-state index >= 15 is 0 Å². The molecule has 0 spiro atoms. The smallest absolute Gasteiger partial charge is 0.224 e. The molecule has 1 fully saturated rings. The highest BCUT2D eigenvalue weighted by Gasteiger charge is 2.20. The lowest BCUT2D eigenvalue weighted by atomic mass is 9.92. The summed E-state index contributed by atoms with van der Waals surface area (Å²) in [5, 5.41) is 16.0. The third-order valence-electron chi connectivity index (χ3n) is 5.60. The second-order valence-corrected chi connectivity index (χ2v) is 8.56. The number of thiophene rings is 1. The Kier molecular flexibility index (Phi) is 6.74. The molecule has 0 aromatic carbocycles. The Morgan fingerprint density at radius 1 is 1.10 bits per heavy atom. The largest absolute Gasteiger partial charge is 0.351 e. The molecule has 4 heterocycles. The summed E-state index contributed by atoms with van der Waals surface area (Å²) in [7, 11) is 0. The summed E-state index contributed by atoms with van der Waals surface area (Å²) in [6.07, 6.45) is 9.50. The van der Waals surface area contributed by atoms with Gasteiger partial charge in [-0.05, 0) is 60.6 Å². The SMILES string of the molecule is Cl.NC1CCC(Nc2ncc3c(-c4ccnc(CCc5ccsc5)n4)[nH]nc3n2)CC1. The fourth-order valence-electron chi connectivity index (χ4n) is 3.86. The molecular formula is C21H25ClN8S. The zero-order valence-electron chi connectivity index (χ0n) is 17.0. The minimum absolute atomic E-state index is 0. The second kappa shape index (κ2) is 9.67. The van der Waals surface area contributed by atoms with E-state index in [1.807, 2.05) is 12.3 Å². The number of nitrogens with two attached hydrogens (primary N) is 1. The van der Waals surface area contributed by atoms with E-state index in [-0.39, 0.29) is 12.4 Å². The van der Waals surface area contributed by atoms with E-state index in [2.05, 4.69) is 47.3 Å². The quantitative estimate of drug-likeness (QED) is 0.404. The van der Waals surface area contributed by atoms with Gasteiger partial charge in [-0.1, -0.05) is 0 Å². The normalized spacial score (nSPS) is 18.6. The van der Waals surface area contributed by atoms with Crippen LogP contribution in [-0.4, -0.2) is 42.2 Å². The van der Waals surface area contributed by atoms with Crippen molar-refractivity contribution in [1.29, 1.82) is 0 Å². The van der Waals surface area contributed by atoms with Gasteiger partial charge in [0.1, 0.15) is 5.82 Å².